The fourth-order valence-electron chi connectivity index (χ4n) is 3.36. The lowest BCUT2D eigenvalue weighted by atomic mass is 10.1. The smallest absolute Gasteiger partial charge is 0.343 e. The van der Waals surface area contributed by atoms with Crippen molar-refractivity contribution < 1.29 is 23.9 Å². The van der Waals surface area contributed by atoms with E-state index in [1.54, 1.807) is 6.08 Å². The van der Waals surface area contributed by atoms with Gasteiger partial charge in [-0.1, -0.05) is 60.2 Å². The molecule has 7 nitrogen and oxygen atoms in total. The van der Waals surface area contributed by atoms with Crippen molar-refractivity contribution in [2.24, 2.45) is 0 Å². The maximum absolute atomic E-state index is 12.4. The van der Waals surface area contributed by atoms with Gasteiger partial charge in [0.05, 0.1) is 29.2 Å². The Morgan fingerprint density at radius 3 is 2.42 bits per heavy atom. The molecule has 0 saturated heterocycles. The SMILES string of the molecule is COc1cc(/C=C2\C=C(c3ccc(C)cc3)OC2=O)c([N+](=O)[O-])cc1OCc1ccccc1. The molecule has 3 aromatic carbocycles. The number of hydrogen-bond donors (Lipinski definition) is 0. The van der Waals surface area contributed by atoms with Crippen LogP contribution in [0.1, 0.15) is 22.3 Å². The zero-order valence-electron chi connectivity index (χ0n) is 18.1. The number of nitrogens with zero attached hydrogens (tertiary/aromatic N) is 1. The highest BCUT2D eigenvalue weighted by Crippen LogP contribution is 2.37. The average Bonchev–Trinajstić information content (AvgIpc) is 3.18. The van der Waals surface area contributed by atoms with Gasteiger partial charge < -0.3 is 14.2 Å². The van der Waals surface area contributed by atoms with Gasteiger partial charge in [0, 0.05) is 5.56 Å². The molecule has 166 valence electrons. The van der Waals surface area contributed by atoms with Crippen LogP contribution in [0.2, 0.25) is 0 Å². The summed E-state index contributed by atoms with van der Waals surface area (Å²) in [7, 11) is 1.45. The largest absolute Gasteiger partial charge is 0.493 e. The maximum Gasteiger partial charge on any atom is 0.343 e. The Kier molecular flexibility index (Phi) is 6.22. The molecule has 0 fully saturated rings. The molecule has 3 aromatic rings. The highest BCUT2D eigenvalue weighted by atomic mass is 16.6. The second-order valence-corrected chi connectivity index (χ2v) is 7.46. The molecule has 0 saturated carbocycles. The molecule has 0 aliphatic carbocycles. The minimum absolute atomic E-state index is 0.202. The van der Waals surface area contributed by atoms with Crippen LogP contribution in [0.5, 0.6) is 11.5 Å². The number of methoxy groups -OCH3 is 1. The first kappa shape index (κ1) is 21.8. The van der Waals surface area contributed by atoms with Gasteiger partial charge in [-0.2, -0.15) is 0 Å². The first-order valence-corrected chi connectivity index (χ1v) is 10.2. The van der Waals surface area contributed by atoms with E-state index >= 15 is 0 Å². The van der Waals surface area contributed by atoms with E-state index in [0.29, 0.717) is 11.5 Å². The number of benzene rings is 3. The lowest BCUT2D eigenvalue weighted by molar-refractivity contribution is -0.385. The quantitative estimate of drug-likeness (QED) is 0.208. The van der Waals surface area contributed by atoms with Crippen LogP contribution in [0.4, 0.5) is 5.69 Å². The van der Waals surface area contributed by atoms with Crippen molar-refractivity contribution in [3.05, 3.63) is 111 Å². The van der Waals surface area contributed by atoms with Crippen LogP contribution in [0.25, 0.3) is 11.8 Å². The van der Waals surface area contributed by atoms with Gasteiger partial charge in [-0.3, -0.25) is 10.1 Å². The van der Waals surface area contributed by atoms with Crippen molar-refractivity contribution in [1.29, 1.82) is 0 Å². The average molecular weight is 443 g/mol. The van der Waals surface area contributed by atoms with E-state index in [-0.39, 0.29) is 29.2 Å². The molecular formula is C26H21NO6. The van der Waals surface area contributed by atoms with Gasteiger partial charge in [0.15, 0.2) is 11.5 Å². The molecule has 0 amide bonds. The molecule has 0 N–H and O–H groups in total. The Hall–Kier alpha value is -4.39. The summed E-state index contributed by atoms with van der Waals surface area (Å²) < 4.78 is 16.5. The zero-order chi connectivity index (χ0) is 23.4. The third kappa shape index (κ3) is 4.93. The third-order valence-electron chi connectivity index (χ3n) is 5.12. The van der Waals surface area contributed by atoms with E-state index in [0.717, 1.165) is 16.7 Å². The lowest BCUT2D eigenvalue weighted by Crippen LogP contribution is -2.01. The minimum Gasteiger partial charge on any atom is -0.493 e. The zero-order valence-corrected chi connectivity index (χ0v) is 18.1. The molecule has 0 bridgehead atoms. The van der Waals surface area contributed by atoms with Gasteiger partial charge in [-0.25, -0.2) is 4.79 Å². The first-order valence-electron chi connectivity index (χ1n) is 10.2. The van der Waals surface area contributed by atoms with Crippen LogP contribution in [-0.2, 0) is 16.1 Å². The molecule has 4 rings (SSSR count). The van der Waals surface area contributed by atoms with Gasteiger partial charge >= 0.3 is 5.97 Å². The molecular weight excluding hydrogens is 422 g/mol. The number of nitro groups is 1. The molecule has 0 spiro atoms. The number of ether oxygens (including phenoxy) is 3. The van der Waals surface area contributed by atoms with E-state index in [1.165, 1.54) is 25.3 Å². The Bertz CT molecular complexity index is 1260. The van der Waals surface area contributed by atoms with Crippen molar-refractivity contribution >= 4 is 23.5 Å². The Labute approximate surface area is 190 Å². The van der Waals surface area contributed by atoms with Crippen LogP contribution in [0.15, 0.2) is 78.4 Å². The van der Waals surface area contributed by atoms with Gasteiger partial charge in [0.25, 0.3) is 5.69 Å². The summed E-state index contributed by atoms with van der Waals surface area (Å²) >= 11 is 0. The van der Waals surface area contributed by atoms with Crippen molar-refractivity contribution in [2.45, 2.75) is 13.5 Å². The Balaban J connectivity index is 1.68. The maximum atomic E-state index is 12.4. The predicted octanol–water partition coefficient (Wildman–Crippen LogP) is 5.47. The number of rotatable bonds is 7. The van der Waals surface area contributed by atoms with Gasteiger partial charge in [0.1, 0.15) is 12.4 Å². The number of hydrogen-bond acceptors (Lipinski definition) is 6. The number of carbonyl (C=O) groups is 1. The highest BCUT2D eigenvalue weighted by molar-refractivity contribution is 6.05. The number of aryl methyl sites for hydroxylation is 1. The van der Waals surface area contributed by atoms with Crippen LogP contribution in [0.3, 0.4) is 0 Å². The molecule has 0 aromatic heterocycles. The van der Waals surface area contributed by atoms with E-state index in [9.17, 15) is 14.9 Å². The summed E-state index contributed by atoms with van der Waals surface area (Å²) in [4.78, 5) is 23.7. The van der Waals surface area contributed by atoms with Crippen molar-refractivity contribution in [2.75, 3.05) is 7.11 Å². The second-order valence-electron chi connectivity index (χ2n) is 7.46. The molecule has 33 heavy (non-hydrogen) atoms. The number of esters is 1. The van der Waals surface area contributed by atoms with E-state index < -0.39 is 10.9 Å². The van der Waals surface area contributed by atoms with Crippen molar-refractivity contribution in [3.63, 3.8) is 0 Å². The van der Waals surface area contributed by atoms with Crippen LogP contribution < -0.4 is 9.47 Å². The molecule has 0 unspecified atom stereocenters. The Morgan fingerprint density at radius 1 is 1.03 bits per heavy atom. The first-order chi connectivity index (χ1) is 15.9. The normalized spacial score (nSPS) is 14.1. The van der Waals surface area contributed by atoms with E-state index in [1.807, 2.05) is 61.5 Å². The van der Waals surface area contributed by atoms with E-state index in [4.69, 9.17) is 14.2 Å². The summed E-state index contributed by atoms with van der Waals surface area (Å²) in [5.74, 6) is 0.365. The van der Waals surface area contributed by atoms with Crippen molar-refractivity contribution in [1.82, 2.24) is 0 Å². The fraction of sp³-hybridized carbons (Fsp3) is 0.115. The summed E-state index contributed by atoms with van der Waals surface area (Å²) in [5.41, 5.74) is 2.93. The summed E-state index contributed by atoms with van der Waals surface area (Å²) in [5, 5.41) is 11.8. The summed E-state index contributed by atoms with van der Waals surface area (Å²) in [6.07, 6.45) is 2.99. The number of cyclic esters (lactones) is 1. The van der Waals surface area contributed by atoms with Crippen LogP contribution >= 0.6 is 0 Å². The lowest BCUT2D eigenvalue weighted by Gasteiger charge is -2.12. The molecule has 1 aliphatic rings. The topological polar surface area (TPSA) is 87.9 Å². The molecule has 7 heteroatoms. The van der Waals surface area contributed by atoms with Crippen LogP contribution in [-0.4, -0.2) is 18.0 Å². The Morgan fingerprint density at radius 2 is 1.76 bits per heavy atom. The third-order valence-corrected chi connectivity index (χ3v) is 5.12. The number of nitro benzene ring substituents is 1. The number of carbonyl (C=O) groups excluding carboxylic acids is 1. The second kappa shape index (κ2) is 9.40. The molecule has 0 atom stereocenters. The van der Waals surface area contributed by atoms with Crippen molar-refractivity contribution in [3.8, 4) is 11.5 Å². The predicted molar refractivity (Wildman–Crippen MR) is 124 cm³/mol. The molecule has 1 aliphatic heterocycles. The van der Waals surface area contributed by atoms with Gasteiger partial charge in [-0.15, -0.1) is 0 Å². The minimum atomic E-state index is -0.580. The van der Waals surface area contributed by atoms with Crippen LogP contribution in [0, 0.1) is 17.0 Å². The summed E-state index contributed by atoms with van der Waals surface area (Å²) in [6, 6.07) is 19.8. The van der Waals surface area contributed by atoms with Gasteiger partial charge in [-0.05, 0) is 30.7 Å². The van der Waals surface area contributed by atoms with Gasteiger partial charge in [0.2, 0.25) is 0 Å². The molecule has 1 heterocycles. The highest BCUT2D eigenvalue weighted by Gasteiger charge is 2.25. The standard InChI is InChI=1S/C26H21NO6/c1-17-8-10-19(11-9-17)23-14-21(26(28)33-23)12-20-13-24(31-2)25(15-22(20)27(29)30)32-16-18-6-4-3-5-7-18/h3-15H,16H2,1-2H3/b21-12+. The van der Waals surface area contributed by atoms with E-state index in [2.05, 4.69) is 0 Å². The summed E-state index contributed by atoms with van der Waals surface area (Å²) in [6.45, 7) is 2.19. The fourth-order valence-corrected chi connectivity index (χ4v) is 3.36. The molecule has 0 radical (unpaired) electrons. The monoisotopic (exact) mass is 443 g/mol.